The molecule has 0 amide bonds. The molecule has 0 spiro atoms. The Morgan fingerprint density at radius 1 is 1.17 bits per heavy atom. The lowest BCUT2D eigenvalue weighted by Gasteiger charge is -2.14. The summed E-state index contributed by atoms with van der Waals surface area (Å²) in [6, 6.07) is 19.0. The lowest BCUT2D eigenvalue weighted by Crippen LogP contribution is -2.23. The van der Waals surface area contributed by atoms with E-state index in [9.17, 15) is 14.9 Å². The van der Waals surface area contributed by atoms with E-state index in [0.29, 0.717) is 28.0 Å². The molecule has 3 aromatic carbocycles. The Labute approximate surface area is 210 Å². The predicted molar refractivity (Wildman–Crippen MR) is 139 cm³/mol. The molecule has 4 aromatic rings. The summed E-state index contributed by atoms with van der Waals surface area (Å²) in [5.41, 5.74) is 1.89. The maximum atomic E-state index is 13.3. The highest BCUT2D eigenvalue weighted by Crippen LogP contribution is 2.22. The van der Waals surface area contributed by atoms with Gasteiger partial charge >= 0.3 is 0 Å². The molecule has 0 aliphatic rings. The van der Waals surface area contributed by atoms with Crippen molar-refractivity contribution in [2.75, 3.05) is 0 Å². The standard InChI is InChI=1S/C26H23BrN4O4/c1-3-17(2)25-29-23-13-10-20(27)14-22(23)26(32)30(25)28-15-19-6-4-5-7-24(19)35-16-18-8-11-21(12-9-18)31(33)34/h4-15,17H,3,16H2,1-2H3/t17-/m0/s1. The largest absolute Gasteiger partial charge is 0.488 e. The van der Waals surface area contributed by atoms with Crippen LogP contribution in [0.15, 0.2) is 81.1 Å². The third-order valence-electron chi connectivity index (χ3n) is 5.66. The lowest BCUT2D eigenvalue weighted by atomic mass is 10.1. The molecule has 0 saturated carbocycles. The van der Waals surface area contributed by atoms with E-state index in [1.807, 2.05) is 44.2 Å². The highest BCUT2D eigenvalue weighted by molar-refractivity contribution is 9.10. The molecule has 1 aromatic heterocycles. The smallest absolute Gasteiger partial charge is 0.282 e. The number of hydrogen-bond donors (Lipinski definition) is 0. The number of nitrogens with zero attached hydrogens (tertiary/aromatic N) is 4. The minimum Gasteiger partial charge on any atom is -0.488 e. The number of non-ortho nitro benzene ring substituents is 1. The number of benzene rings is 3. The highest BCUT2D eigenvalue weighted by Gasteiger charge is 2.16. The topological polar surface area (TPSA) is 99.6 Å². The molecule has 35 heavy (non-hydrogen) atoms. The zero-order valence-electron chi connectivity index (χ0n) is 19.2. The summed E-state index contributed by atoms with van der Waals surface area (Å²) in [6.07, 6.45) is 2.39. The van der Waals surface area contributed by atoms with Crippen LogP contribution in [0.5, 0.6) is 5.75 Å². The van der Waals surface area contributed by atoms with E-state index < -0.39 is 4.92 Å². The molecule has 4 rings (SSSR count). The first-order valence-corrected chi connectivity index (χ1v) is 11.9. The molecule has 0 radical (unpaired) electrons. The fourth-order valence-corrected chi connectivity index (χ4v) is 3.85. The van der Waals surface area contributed by atoms with Crippen LogP contribution in [0.2, 0.25) is 0 Å². The fraction of sp³-hybridized carbons (Fsp3) is 0.192. The number of nitro groups is 1. The van der Waals surface area contributed by atoms with Gasteiger partial charge in [-0.1, -0.05) is 41.9 Å². The van der Waals surface area contributed by atoms with Gasteiger partial charge in [0.1, 0.15) is 18.2 Å². The monoisotopic (exact) mass is 534 g/mol. The van der Waals surface area contributed by atoms with Crippen molar-refractivity contribution in [3.63, 3.8) is 0 Å². The normalized spacial score (nSPS) is 12.2. The predicted octanol–water partition coefficient (Wildman–Crippen LogP) is 6.04. The number of hydrogen-bond acceptors (Lipinski definition) is 6. The van der Waals surface area contributed by atoms with Gasteiger partial charge in [0.25, 0.3) is 11.2 Å². The molecule has 9 heteroatoms. The van der Waals surface area contributed by atoms with E-state index in [1.165, 1.54) is 16.8 Å². The summed E-state index contributed by atoms with van der Waals surface area (Å²) in [5.74, 6) is 1.19. The van der Waals surface area contributed by atoms with Crippen molar-refractivity contribution in [3.05, 3.63) is 109 Å². The quantitative estimate of drug-likeness (QED) is 0.156. The molecule has 0 saturated heterocycles. The van der Waals surface area contributed by atoms with Crippen LogP contribution in [0.4, 0.5) is 5.69 Å². The van der Waals surface area contributed by atoms with E-state index in [1.54, 1.807) is 30.5 Å². The summed E-state index contributed by atoms with van der Waals surface area (Å²) >= 11 is 3.42. The van der Waals surface area contributed by atoms with Crippen molar-refractivity contribution in [3.8, 4) is 5.75 Å². The average Bonchev–Trinajstić information content (AvgIpc) is 2.87. The molecular weight excluding hydrogens is 512 g/mol. The molecule has 8 nitrogen and oxygen atoms in total. The van der Waals surface area contributed by atoms with Crippen molar-refractivity contribution >= 4 is 38.7 Å². The number of ether oxygens (including phenoxy) is 1. The molecule has 0 N–H and O–H groups in total. The van der Waals surface area contributed by atoms with Crippen molar-refractivity contribution < 1.29 is 9.66 Å². The number of halogens is 1. The Balaban J connectivity index is 1.66. The van der Waals surface area contributed by atoms with Crippen LogP contribution in [0.25, 0.3) is 10.9 Å². The van der Waals surface area contributed by atoms with Gasteiger partial charge < -0.3 is 4.74 Å². The molecular formula is C26H23BrN4O4. The first-order valence-electron chi connectivity index (χ1n) is 11.1. The van der Waals surface area contributed by atoms with Crippen molar-refractivity contribution in [2.45, 2.75) is 32.8 Å². The molecule has 0 aliphatic carbocycles. The molecule has 1 atom stereocenters. The van der Waals surface area contributed by atoms with E-state index in [2.05, 4.69) is 21.0 Å². The van der Waals surface area contributed by atoms with Gasteiger partial charge in [-0.15, -0.1) is 0 Å². The average molecular weight is 535 g/mol. The van der Waals surface area contributed by atoms with Crippen LogP contribution < -0.4 is 10.3 Å². The second kappa shape index (κ2) is 10.6. The van der Waals surface area contributed by atoms with Crippen LogP contribution >= 0.6 is 15.9 Å². The van der Waals surface area contributed by atoms with E-state index >= 15 is 0 Å². The zero-order valence-corrected chi connectivity index (χ0v) is 20.8. The van der Waals surface area contributed by atoms with Crippen molar-refractivity contribution in [1.82, 2.24) is 9.66 Å². The van der Waals surface area contributed by atoms with Crippen LogP contribution in [0, 0.1) is 10.1 Å². The van der Waals surface area contributed by atoms with Crippen LogP contribution in [-0.2, 0) is 6.61 Å². The third-order valence-corrected chi connectivity index (χ3v) is 6.15. The first kappa shape index (κ1) is 24.3. The van der Waals surface area contributed by atoms with Gasteiger partial charge in [-0.25, -0.2) is 4.98 Å². The summed E-state index contributed by atoms with van der Waals surface area (Å²) in [4.78, 5) is 28.5. The minimum absolute atomic E-state index is 0.0276. The molecule has 0 fully saturated rings. The Kier molecular flexibility index (Phi) is 7.36. The molecule has 0 aliphatic heterocycles. The maximum absolute atomic E-state index is 13.3. The highest BCUT2D eigenvalue weighted by atomic mass is 79.9. The second-order valence-corrected chi connectivity index (χ2v) is 8.97. The van der Waals surface area contributed by atoms with E-state index in [4.69, 9.17) is 9.72 Å². The number of aromatic nitrogens is 2. The van der Waals surface area contributed by atoms with Crippen molar-refractivity contribution in [2.24, 2.45) is 5.10 Å². The SMILES string of the molecule is CC[C@H](C)c1nc2ccc(Br)cc2c(=O)n1N=Cc1ccccc1OCc1ccc([N+](=O)[O-])cc1. The number of rotatable bonds is 8. The summed E-state index contributed by atoms with van der Waals surface area (Å²) in [5, 5.41) is 15.8. The van der Waals surface area contributed by atoms with E-state index in [0.717, 1.165) is 16.5 Å². The molecule has 178 valence electrons. The third kappa shape index (κ3) is 5.46. The summed E-state index contributed by atoms with van der Waals surface area (Å²) in [6.45, 7) is 4.28. The summed E-state index contributed by atoms with van der Waals surface area (Å²) < 4.78 is 8.11. The van der Waals surface area contributed by atoms with E-state index in [-0.39, 0.29) is 23.8 Å². The molecule has 1 heterocycles. The molecule has 0 bridgehead atoms. The minimum atomic E-state index is -0.438. The van der Waals surface area contributed by atoms with Crippen molar-refractivity contribution in [1.29, 1.82) is 0 Å². The zero-order chi connectivity index (χ0) is 24.9. The number of para-hydroxylation sites is 1. The maximum Gasteiger partial charge on any atom is 0.282 e. The summed E-state index contributed by atoms with van der Waals surface area (Å²) in [7, 11) is 0. The van der Waals surface area contributed by atoms with Gasteiger partial charge in [-0.2, -0.15) is 9.78 Å². The first-order chi connectivity index (χ1) is 16.9. The number of fused-ring (bicyclic) bond motifs is 1. The van der Waals surface area contributed by atoms with Gasteiger partial charge in [0.05, 0.1) is 22.0 Å². The Morgan fingerprint density at radius 2 is 1.91 bits per heavy atom. The fourth-order valence-electron chi connectivity index (χ4n) is 3.49. The Hall–Kier alpha value is -3.85. The van der Waals surface area contributed by atoms with Gasteiger partial charge in [0, 0.05) is 28.1 Å². The Morgan fingerprint density at radius 3 is 2.63 bits per heavy atom. The van der Waals surface area contributed by atoms with Crippen LogP contribution in [0.1, 0.15) is 43.1 Å². The molecule has 0 unspecified atom stereocenters. The van der Waals surface area contributed by atoms with Crippen LogP contribution in [0.3, 0.4) is 0 Å². The Bertz CT molecular complexity index is 1460. The number of nitro benzene ring substituents is 1. The van der Waals surface area contributed by atoms with Crippen LogP contribution in [-0.4, -0.2) is 20.8 Å². The van der Waals surface area contributed by atoms with Gasteiger partial charge in [0.2, 0.25) is 0 Å². The van der Waals surface area contributed by atoms with Gasteiger partial charge in [0.15, 0.2) is 0 Å². The second-order valence-electron chi connectivity index (χ2n) is 8.05. The lowest BCUT2D eigenvalue weighted by molar-refractivity contribution is -0.384. The van der Waals surface area contributed by atoms with Gasteiger partial charge in [-0.3, -0.25) is 14.9 Å². The van der Waals surface area contributed by atoms with Gasteiger partial charge in [-0.05, 0) is 54.4 Å².